The molecule has 0 amide bonds. The van der Waals surface area contributed by atoms with Crippen molar-refractivity contribution in [1.82, 2.24) is 10.2 Å². The molecule has 1 fully saturated rings. The first-order chi connectivity index (χ1) is 9.63. The van der Waals surface area contributed by atoms with Crippen molar-refractivity contribution >= 4 is 42.1 Å². The van der Waals surface area contributed by atoms with Crippen LogP contribution in [0.1, 0.15) is 18.0 Å². The molecule has 0 radical (unpaired) electrons. The van der Waals surface area contributed by atoms with Gasteiger partial charge in [-0.2, -0.15) is 0 Å². The van der Waals surface area contributed by atoms with Crippen molar-refractivity contribution in [2.24, 2.45) is 0 Å². The van der Waals surface area contributed by atoms with Crippen LogP contribution >= 0.6 is 36.4 Å². The number of benzene rings is 1. The average Bonchev–Trinajstić information content (AvgIpc) is 2.46. The summed E-state index contributed by atoms with van der Waals surface area (Å²) in [6.45, 7) is 7.42. The maximum absolute atomic E-state index is 10.9. The van der Waals surface area contributed by atoms with Gasteiger partial charge in [0.2, 0.25) is 0 Å². The number of hydrogen-bond acceptors (Lipinski definition) is 4. The summed E-state index contributed by atoms with van der Waals surface area (Å²) in [5, 5.41) is 14.8. The first-order valence-electron chi connectivity index (χ1n) is 6.63. The number of nitro groups is 1. The van der Waals surface area contributed by atoms with E-state index in [4.69, 9.17) is 11.6 Å². The Morgan fingerprint density at radius 3 is 2.59 bits per heavy atom. The van der Waals surface area contributed by atoms with Crippen LogP contribution in [0.4, 0.5) is 5.69 Å². The molecule has 0 aliphatic carbocycles. The molecule has 8 heteroatoms. The highest BCUT2D eigenvalue weighted by Gasteiger charge is 2.24. The van der Waals surface area contributed by atoms with Gasteiger partial charge in [0.25, 0.3) is 5.69 Å². The SMILES string of the molecule is C=CC[C@H](c1cc([N+](=O)[O-])ccc1Cl)N1CCNCC1.Cl.Cl. The molecule has 124 valence electrons. The van der Waals surface area contributed by atoms with Crippen LogP contribution in [0.25, 0.3) is 0 Å². The highest BCUT2D eigenvalue weighted by atomic mass is 35.5. The van der Waals surface area contributed by atoms with Crippen LogP contribution in [0.2, 0.25) is 5.02 Å². The molecule has 1 aliphatic rings. The van der Waals surface area contributed by atoms with E-state index in [0.717, 1.165) is 38.2 Å². The molecule has 0 unspecified atom stereocenters. The molecule has 1 saturated heterocycles. The van der Waals surface area contributed by atoms with E-state index >= 15 is 0 Å². The van der Waals surface area contributed by atoms with Crippen LogP contribution < -0.4 is 5.32 Å². The maximum Gasteiger partial charge on any atom is 0.269 e. The Morgan fingerprint density at radius 2 is 2.05 bits per heavy atom. The van der Waals surface area contributed by atoms with Gasteiger partial charge in [0, 0.05) is 49.4 Å². The van der Waals surface area contributed by atoms with Gasteiger partial charge in [0.15, 0.2) is 0 Å². The second kappa shape index (κ2) is 10.0. The Labute approximate surface area is 147 Å². The Balaban J connectivity index is 0.00000220. The maximum atomic E-state index is 10.9. The molecule has 1 aromatic carbocycles. The third kappa shape index (κ3) is 5.11. The van der Waals surface area contributed by atoms with Crippen molar-refractivity contribution in [2.45, 2.75) is 12.5 Å². The average molecular weight is 369 g/mol. The monoisotopic (exact) mass is 367 g/mol. The van der Waals surface area contributed by atoms with E-state index in [-0.39, 0.29) is 41.5 Å². The molecule has 0 saturated carbocycles. The van der Waals surface area contributed by atoms with E-state index in [0.29, 0.717) is 5.02 Å². The zero-order valence-corrected chi connectivity index (χ0v) is 14.4. The minimum absolute atomic E-state index is 0. The minimum atomic E-state index is -0.386. The topological polar surface area (TPSA) is 58.4 Å². The third-order valence-corrected chi connectivity index (χ3v) is 3.88. The summed E-state index contributed by atoms with van der Waals surface area (Å²) in [4.78, 5) is 12.8. The number of hydrogen-bond donors (Lipinski definition) is 1. The number of nitrogens with one attached hydrogen (secondary N) is 1. The summed E-state index contributed by atoms with van der Waals surface area (Å²) in [6, 6.07) is 4.67. The Hall–Kier alpha value is -0.850. The van der Waals surface area contributed by atoms with Crippen molar-refractivity contribution in [2.75, 3.05) is 26.2 Å². The highest BCUT2D eigenvalue weighted by Crippen LogP contribution is 2.33. The molecule has 1 atom stereocenters. The molecule has 5 nitrogen and oxygen atoms in total. The third-order valence-electron chi connectivity index (χ3n) is 3.53. The summed E-state index contributed by atoms with van der Waals surface area (Å²) in [5.41, 5.74) is 0.885. The fourth-order valence-electron chi connectivity index (χ4n) is 2.52. The fourth-order valence-corrected chi connectivity index (χ4v) is 2.77. The number of piperazine rings is 1. The molecular formula is C14H20Cl3N3O2. The van der Waals surface area contributed by atoms with Crippen LogP contribution in [0.3, 0.4) is 0 Å². The van der Waals surface area contributed by atoms with Crippen molar-refractivity contribution in [3.8, 4) is 0 Å². The van der Waals surface area contributed by atoms with Crippen LogP contribution in [0, 0.1) is 10.1 Å². The van der Waals surface area contributed by atoms with E-state index in [1.54, 1.807) is 12.1 Å². The predicted molar refractivity (Wildman–Crippen MR) is 94.6 cm³/mol. The molecule has 1 N–H and O–H groups in total. The predicted octanol–water partition coefficient (Wildman–Crippen LogP) is 3.61. The first-order valence-corrected chi connectivity index (χ1v) is 7.00. The van der Waals surface area contributed by atoms with Crippen molar-refractivity contribution < 1.29 is 4.92 Å². The lowest BCUT2D eigenvalue weighted by Gasteiger charge is -2.35. The van der Waals surface area contributed by atoms with Crippen LogP contribution in [-0.4, -0.2) is 36.0 Å². The standard InChI is InChI=1S/C14H18ClN3O2.2ClH/c1-2-3-14(17-8-6-16-7-9-17)12-10-11(18(19)20)4-5-13(12)15;;/h2,4-5,10,14,16H,1,3,6-9H2;2*1H/t14-;;/m1../s1. The second-order valence-electron chi connectivity index (χ2n) is 4.79. The normalized spacial score (nSPS) is 16.0. The number of nitro benzene ring substituents is 1. The molecule has 22 heavy (non-hydrogen) atoms. The Morgan fingerprint density at radius 1 is 1.41 bits per heavy atom. The summed E-state index contributed by atoms with van der Waals surface area (Å²) in [7, 11) is 0. The van der Waals surface area contributed by atoms with Gasteiger partial charge in [-0.05, 0) is 18.1 Å². The number of halogens is 3. The minimum Gasteiger partial charge on any atom is -0.314 e. The molecule has 1 aromatic rings. The van der Waals surface area contributed by atoms with Crippen LogP contribution in [0.15, 0.2) is 30.9 Å². The highest BCUT2D eigenvalue weighted by molar-refractivity contribution is 6.31. The van der Waals surface area contributed by atoms with Crippen molar-refractivity contribution in [3.05, 3.63) is 51.6 Å². The lowest BCUT2D eigenvalue weighted by molar-refractivity contribution is -0.385. The quantitative estimate of drug-likeness (QED) is 0.490. The molecule has 1 aliphatic heterocycles. The van der Waals surface area contributed by atoms with Gasteiger partial charge >= 0.3 is 0 Å². The van der Waals surface area contributed by atoms with E-state index in [1.165, 1.54) is 6.07 Å². The largest absolute Gasteiger partial charge is 0.314 e. The van der Waals surface area contributed by atoms with E-state index in [9.17, 15) is 10.1 Å². The molecule has 0 bridgehead atoms. The fraction of sp³-hybridized carbons (Fsp3) is 0.429. The lowest BCUT2D eigenvalue weighted by atomic mass is 10.0. The Kier molecular flexibility index (Phi) is 9.64. The summed E-state index contributed by atoms with van der Waals surface area (Å²) in [5.74, 6) is 0. The van der Waals surface area contributed by atoms with E-state index < -0.39 is 0 Å². The smallest absolute Gasteiger partial charge is 0.269 e. The van der Waals surface area contributed by atoms with Crippen molar-refractivity contribution in [3.63, 3.8) is 0 Å². The van der Waals surface area contributed by atoms with Gasteiger partial charge in [-0.25, -0.2) is 0 Å². The number of rotatable bonds is 5. The number of non-ortho nitro benzene ring substituents is 1. The molecule has 0 aromatic heterocycles. The van der Waals surface area contributed by atoms with Crippen LogP contribution in [-0.2, 0) is 0 Å². The number of nitrogens with zero attached hydrogens (tertiary/aromatic N) is 2. The van der Waals surface area contributed by atoms with Gasteiger partial charge in [0.1, 0.15) is 0 Å². The second-order valence-corrected chi connectivity index (χ2v) is 5.20. The summed E-state index contributed by atoms with van der Waals surface area (Å²) in [6.07, 6.45) is 2.56. The molecular weight excluding hydrogens is 349 g/mol. The lowest BCUT2D eigenvalue weighted by Crippen LogP contribution is -2.45. The molecule has 1 heterocycles. The van der Waals surface area contributed by atoms with Gasteiger partial charge < -0.3 is 5.32 Å². The summed E-state index contributed by atoms with van der Waals surface area (Å²) >= 11 is 6.25. The zero-order chi connectivity index (χ0) is 14.5. The van der Waals surface area contributed by atoms with Gasteiger partial charge in [-0.1, -0.05) is 17.7 Å². The zero-order valence-electron chi connectivity index (χ0n) is 12.0. The van der Waals surface area contributed by atoms with Gasteiger partial charge in [0.05, 0.1) is 4.92 Å². The van der Waals surface area contributed by atoms with E-state index in [1.807, 2.05) is 6.08 Å². The van der Waals surface area contributed by atoms with Gasteiger partial charge in [-0.3, -0.25) is 15.0 Å². The van der Waals surface area contributed by atoms with Crippen LogP contribution in [0.5, 0.6) is 0 Å². The van der Waals surface area contributed by atoms with Crippen molar-refractivity contribution in [1.29, 1.82) is 0 Å². The van der Waals surface area contributed by atoms with E-state index in [2.05, 4.69) is 16.8 Å². The Bertz CT molecular complexity index is 508. The summed E-state index contributed by atoms with van der Waals surface area (Å²) < 4.78 is 0. The first kappa shape index (κ1) is 21.1. The molecule has 2 rings (SSSR count). The molecule has 0 spiro atoms. The van der Waals surface area contributed by atoms with Gasteiger partial charge in [-0.15, -0.1) is 31.4 Å².